The van der Waals surface area contributed by atoms with Crippen molar-refractivity contribution >= 4 is 5.96 Å². The number of ether oxygens (including phenoxy) is 2. The molecule has 0 saturated heterocycles. The van der Waals surface area contributed by atoms with Gasteiger partial charge in [-0.3, -0.25) is 4.99 Å². The molecule has 0 unspecified atom stereocenters. The lowest BCUT2D eigenvalue weighted by atomic mass is 10.1. The van der Waals surface area contributed by atoms with E-state index in [1.165, 1.54) is 25.7 Å². The molecule has 2 aromatic rings. The fourth-order valence-electron chi connectivity index (χ4n) is 4.23. The molecule has 1 saturated carbocycles. The number of guanidine groups is 1. The number of hydrogen-bond donors (Lipinski definition) is 2. The summed E-state index contributed by atoms with van der Waals surface area (Å²) in [4.78, 5) is 4.36. The maximum Gasteiger partial charge on any atom is 0.191 e. The number of aromatic nitrogens is 3. The SMILES string of the molecule is CN=C(NCc1cccc(OC)c1OC1CCCC1)NCc1nnc2n1CCCC2. The van der Waals surface area contributed by atoms with Crippen LogP contribution in [0.3, 0.4) is 0 Å². The van der Waals surface area contributed by atoms with Crippen LogP contribution >= 0.6 is 0 Å². The highest BCUT2D eigenvalue weighted by Crippen LogP contribution is 2.34. The molecule has 1 aliphatic carbocycles. The molecule has 2 N–H and O–H groups in total. The fraction of sp³-hybridized carbons (Fsp3) is 0.591. The van der Waals surface area contributed by atoms with E-state index in [2.05, 4.69) is 36.5 Å². The van der Waals surface area contributed by atoms with Crippen molar-refractivity contribution in [2.75, 3.05) is 14.2 Å². The molecule has 0 bridgehead atoms. The van der Waals surface area contributed by atoms with Crippen LogP contribution in [-0.4, -0.2) is 41.0 Å². The summed E-state index contributed by atoms with van der Waals surface area (Å²) < 4.78 is 14.1. The first-order chi connectivity index (χ1) is 14.8. The van der Waals surface area contributed by atoms with Crippen molar-refractivity contribution in [3.05, 3.63) is 35.4 Å². The summed E-state index contributed by atoms with van der Waals surface area (Å²) in [5.74, 6) is 4.38. The number of benzene rings is 1. The lowest BCUT2D eigenvalue weighted by Gasteiger charge is -2.20. The Bertz CT molecular complexity index is 873. The minimum atomic E-state index is 0.275. The van der Waals surface area contributed by atoms with Gasteiger partial charge in [-0.25, -0.2) is 0 Å². The monoisotopic (exact) mass is 412 g/mol. The van der Waals surface area contributed by atoms with Crippen LogP contribution in [0.25, 0.3) is 0 Å². The second kappa shape index (κ2) is 9.82. The van der Waals surface area contributed by atoms with Gasteiger partial charge in [0.25, 0.3) is 0 Å². The smallest absolute Gasteiger partial charge is 0.191 e. The van der Waals surface area contributed by atoms with Crippen LogP contribution < -0.4 is 20.1 Å². The van der Waals surface area contributed by atoms with Crippen LogP contribution in [0.15, 0.2) is 23.2 Å². The Kier molecular flexibility index (Phi) is 6.71. The minimum Gasteiger partial charge on any atom is -0.493 e. The van der Waals surface area contributed by atoms with E-state index in [0.29, 0.717) is 13.1 Å². The lowest BCUT2D eigenvalue weighted by Crippen LogP contribution is -2.37. The van der Waals surface area contributed by atoms with E-state index in [0.717, 1.165) is 60.5 Å². The molecule has 8 nitrogen and oxygen atoms in total. The second-order valence-electron chi connectivity index (χ2n) is 7.89. The highest BCUT2D eigenvalue weighted by molar-refractivity contribution is 5.79. The summed E-state index contributed by atoms with van der Waals surface area (Å²) in [6, 6.07) is 6.02. The number of fused-ring (bicyclic) bond motifs is 1. The molecule has 0 atom stereocenters. The van der Waals surface area contributed by atoms with Gasteiger partial charge in [-0.05, 0) is 44.6 Å². The maximum atomic E-state index is 6.33. The second-order valence-corrected chi connectivity index (χ2v) is 7.89. The van der Waals surface area contributed by atoms with Crippen molar-refractivity contribution in [1.29, 1.82) is 0 Å². The van der Waals surface area contributed by atoms with E-state index in [4.69, 9.17) is 9.47 Å². The fourth-order valence-corrected chi connectivity index (χ4v) is 4.23. The first-order valence-electron chi connectivity index (χ1n) is 11.0. The van der Waals surface area contributed by atoms with E-state index >= 15 is 0 Å². The average Bonchev–Trinajstić information content (AvgIpc) is 3.44. The number of rotatable bonds is 7. The average molecular weight is 413 g/mol. The summed E-state index contributed by atoms with van der Waals surface area (Å²) in [5, 5.41) is 15.4. The van der Waals surface area contributed by atoms with Gasteiger partial charge < -0.3 is 24.7 Å². The van der Waals surface area contributed by atoms with Crippen molar-refractivity contribution in [2.24, 2.45) is 4.99 Å². The zero-order valence-corrected chi connectivity index (χ0v) is 18.0. The van der Waals surface area contributed by atoms with Crippen LogP contribution in [0.4, 0.5) is 0 Å². The Balaban J connectivity index is 1.38. The Labute approximate surface area is 178 Å². The zero-order valence-electron chi connectivity index (χ0n) is 18.0. The summed E-state index contributed by atoms with van der Waals surface area (Å²) in [5.41, 5.74) is 1.06. The van der Waals surface area contributed by atoms with Gasteiger partial charge in [0.15, 0.2) is 23.3 Å². The van der Waals surface area contributed by atoms with E-state index in [-0.39, 0.29) is 6.10 Å². The van der Waals surface area contributed by atoms with E-state index in [9.17, 15) is 0 Å². The standard InChI is InChI=1S/C22H32N6O2/c1-23-22(25-15-20-27-26-19-12-5-6-13-28(19)20)24-14-16-8-7-11-18(29-2)21(16)30-17-9-3-4-10-17/h7-8,11,17H,3-6,9-10,12-15H2,1-2H3,(H2,23,24,25). The molecule has 162 valence electrons. The highest BCUT2D eigenvalue weighted by atomic mass is 16.5. The van der Waals surface area contributed by atoms with Crippen LogP contribution in [0, 0.1) is 0 Å². The summed E-state index contributed by atoms with van der Waals surface area (Å²) in [7, 11) is 3.46. The molecule has 1 aromatic heterocycles. The van der Waals surface area contributed by atoms with Gasteiger partial charge in [-0.15, -0.1) is 10.2 Å². The number of nitrogens with zero attached hydrogens (tertiary/aromatic N) is 4. The minimum absolute atomic E-state index is 0.275. The predicted molar refractivity (Wildman–Crippen MR) is 116 cm³/mol. The first-order valence-corrected chi connectivity index (χ1v) is 11.0. The van der Waals surface area contributed by atoms with Gasteiger partial charge in [0, 0.05) is 32.1 Å². The normalized spacial score (nSPS) is 16.9. The van der Waals surface area contributed by atoms with Gasteiger partial charge in [-0.1, -0.05) is 12.1 Å². The van der Waals surface area contributed by atoms with Crippen molar-refractivity contribution in [1.82, 2.24) is 25.4 Å². The van der Waals surface area contributed by atoms with Crippen LogP contribution in [0.5, 0.6) is 11.5 Å². The van der Waals surface area contributed by atoms with Gasteiger partial charge in [0.1, 0.15) is 5.82 Å². The first kappa shape index (κ1) is 20.5. The molecule has 0 amide bonds. The molecule has 0 spiro atoms. The number of hydrogen-bond acceptors (Lipinski definition) is 5. The molecule has 0 radical (unpaired) electrons. The van der Waals surface area contributed by atoms with Crippen LogP contribution in [0.2, 0.25) is 0 Å². The summed E-state index contributed by atoms with van der Waals surface area (Å²) >= 11 is 0. The van der Waals surface area contributed by atoms with Crippen LogP contribution in [-0.2, 0) is 26.1 Å². The Morgan fingerprint density at radius 1 is 1.13 bits per heavy atom. The quantitative estimate of drug-likeness (QED) is 0.537. The number of aliphatic imine (C=N–C) groups is 1. The molecule has 4 rings (SSSR count). The van der Waals surface area contributed by atoms with Gasteiger partial charge >= 0.3 is 0 Å². The number of para-hydroxylation sites is 1. The number of nitrogens with one attached hydrogen (secondary N) is 2. The van der Waals surface area contributed by atoms with E-state index in [1.807, 2.05) is 12.1 Å². The molecule has 8 heteroatoms. The molecule has 1 fully saturated rings. The third-order valence-corrected chi connectivity index (χ3v) is 5.89. The predicted octanol–water partition coefficient (Wildman–Crippen LogP) is 2.81. The number of aryl methyl sites for hydroxylation is 1. The van der Waals surface area contributed by atoms with Crippen molar-refractivity contribution < 1.29 is 9.47 Å². The summed E-state index contributed by atoms with van der Waals surface area (Å²) in [6.45, 7) is 2.18. The van der Waals surface area contributed by atoms with Crippen molar-refractivity contribution in [3.8, 4) is 11.5 Å². The molecule has 2 aliphatic rings. The molecule has 30 heavy (non-hydrogen) atoms. The Morgan fingerprint density at radius 3 is 2.77 bits per heavy atom. The zero-order chi connectivity index (χ0) is 20.8. The van der Waals surface area contributed by atoms with Gasteiger partial charge in [0.05, 0.1) is 19.8 Å². The topological polar surface area (TPSA) is 85.6 Å². The van der Waals surface area contributed by atoms with Crippen molar-refractivity contribution in [3.63, 3.8) is 0 Å². The van der Waals surface area contributed by atoms with Crippen LogP contribution in [0.1, 0.15) is 55.7 Å². The van der Waals surface area contributed by atoms with Gasteiger partial charge in [-0.2, -0.15) is 0 Å². The van der Waals surface area contributed by atoms with E-state index < -0.39 is 0 Å². The van der Waals surface area contributed by atoms with Crippen molar-refractivity contribution in [2.45, 2.75) is 70.7 Å². The molecule has 2 heterocycles. The molecular weight excluding hydrogens is 380 g/mol. The third-order valence-electron chi connectivity index (χ3n) is 5.89. The van der Waals surface area contributed by atoms with Gasteiger partial charge in [0.2, 0.25) is 0 Å². The molecule has 1 aliphatic heterocycles. The Hall–Kier alpha value is -2.77. The van der Waals surface area contributed by atoms with E-state index in [1.54, 1.807) is 14.2 Å². The lowest BCUT2D eigenvalue weighted by molar-refractivity contribution is 0.198. The third kappa shape index (κ3) is 4.68. The molecule has 1 aromatic carbocycles. The number of methoxy groups -OCH3 is 1. The summed E-state index contributed by atoms with van der Waals surface area (Å²) in [6.07, 6.45) is 8.35. The maximum absolute atomic E-state index is 6.33. The Morgan fingerprint density at radius 2 is 1.97 bits per heavy atom. The largest absolute Gasteiger partial charge is 0.493 e. The highest BCUT2D eigenvalue weighted by Gasteiger charge is 2.21. The molecular formula is C22H32N6O2.